The summed E-state index contributed by atoms with van der Waals surface area (Å²) in [5, 5.41) is 21.1. The van der Waals surface area contributed by atoms with Gasteiger partial charge in [-0.1, -0.05) is 11.6 Å². The largest absolute Gasteiger partial charge is 0.481 e. The van der Waals surface area contributed by atoms with E-state index in [1.54, 1.807) is 0 Å². The number of nitrogens with zero attached hydrogens (tertiary/aromatic N) is 1. The fourth-order valence-electron chi connectivity index (χ4n) is 1.26. The van der Waals surface area contributed by atoms with Gasteiger partial charge in [-0.3, -0.25) is 9.59 Å². The first-order valence-corrected chi connectivity index (χ1v) is 5.52. The van der Waals surface area contributed by atoms with Gasteiger partial charge in [0.25, 0.3) is 5.91 Å². The molecule has 0 radical (unpaired) electrons. The van der Waals surface area contributed by atoms with E-state index in [1.807, 2.05) is 0 Å². The number of carboxylic acids is 1. The average molecular weight is 273 g/mol. The maximum Gasteiger partial charge on any atom is 0.306 e. The van der Waals surface area contributed by atoms with Gasteiger partial charge in [0.05, 0.1) is 17.0 Å². The molecule has 0 fully saturated rings. The highest BCUT2D eigenvalue weighted by Crippen LogP contribution is 2.09. The van der Waals surface area contributed by atoms with E-state index in [9.17, 15) is 14.7 Å². The maximum atomic E-state index is 11.6. The molecule has 0 aliphatic heterocycles. The molecule has 18 heavy (non-hydrogen) atoms. The molecule has 0 aliphatic rings. The second-order valence-corrected chi connectivity index (χ2v) is 4.55. The number of carbonyl (C=O) groups is 2. The van der Waals surface area contributed by atoms with Crippen molar-refractivity contribution in [3.05, 3.63) is 29.0 Å². The predicted octanol–water partition coefficient (Wildman–Crippen LogP) is 0.691. The van der Waals surface area contributed by atoms with E-state index in [1.165, 1.54) is 25.3 Å². The molecule has 7 heteroatoms. The Hall–Kier alpha value is -1.66. The maximum absolute atomic E-state index is 11.6. The van der Waals surface area contributed by atoms with E-state index in [0.29, 0.717) is 5.02 Å². The molecule has 1 rings (SSSR count). The van der Waals surface area contributed by atoms with Crippen molar-refractivity contribution < 1.29 is 19.8 Å². The number of rotatable bonds is 5. The fourth-order valence-corrected chi connectivity index (χ4v) is 1.37. The normalized spacial score (nSPS) is 13.7. The van der Waals surface area contributed by atoms with Gasteiger partial charge in [0.2, 0.25) is 0 Å². The number of halogens is 1. The molecule has 0 saturated carbocycles. The van der Waals surface area contributed by atoms with E-state index in [2.05, 4.69) is 10.3 Å². The lowest BCUT2D eigenvalue weighted by molar-refractivity contribution is -0.141. The van der Waals surface area contributed by atoms with Crippen LogP contribution in [0.5, 0.6) is 0 Å². The third-order valence-electron chi connectivity index (χ3n) is 2.12. The van der Waals surface area contributed by atoms with Crippen LogP contribution >= 0.6 is 11.6 Å². The number of aliphatic carboxylic acids is 1. The van der Waals surface area contributed by atoms with Gasteiger partial charge in [-0.05, 0) is 19.1 Å². The van der Waals surface area contributed by atoms with Crippen LogP contribution in [0.4, 0.5) is 0 Å². The summed E-state index contributed by atoms with van der Waals surface area (Å²) in [6.07, 6.45) is 0.868. The first-order valence-electron chi connectivity index (χ1n) is 5.14. The molecular weight excluding hydrogens is 260 g/mol. The van der Waals surface area contributed by atoms with Crippen LogP contribution in [0.15, 0.2) is 18.3 Å². The van der Waals surface area contributed by atoms with Crippen LogP contribution < -0.4 is 5.32 Å². The molecule has 98 valence electrons. The van der Waals surface area contributed by atoms with Gasteiger partial charge in [0.15, 0.2) is 0 Å². The first-order chi connectivity index (χ1) is 8.30. The molecule has 0 aliphatic carbocycles. The first kappa shape index (κ1) is 14.4. The minimum Gasteiger partial charge on any atom is -0.481 e. The van der Waals surface area contributed by atoms with Gasteiger partial charge in [-0.15, -0.1) is 0 Å². The van der Waals surface area contributed by atoms with Crippen molar-refractivity contribution in [2.75, 3.05) is 6.54 Å². The third-order valence-corrected chi connectivity index (χ3v) is 2.35. The molecule has 3 N–H and O–H groups in total. The van der Waals surface area contributed by atoms with Gasteiger partial charge in [-0.2, -0.15) is 0 Å². The topological polar surface area (TPSA) is 99.5 Å². The summed E-state index contributed by atoms with van der Waals surface area (Å²) in [5.74, 6) is -1.64. The quantitative estimate of drug-likeness (QED) is 0.732. The Morgan fingerprint density at radius 3 is 2.67 bits per heavy atom. The third kappa shape index (κ3) is 4.68. The van der Waals surface area contributed by atoms with Gasteiger partial charge < -0.3 is 15.5 Å². The molecule has 0 aromatic carbocycles. The van der Waals surface area contributed by atoms with Crippen LogP contribution in [0.25, 0.3) is 0 Å². The summed E-state index contributed by atoms with van der Waals surface area (Å²) in [6, 6.07) is 2.95. The van der Waals surface area contributed by atoms with Crippen LogP contribution in [-0.4, -0.2) is 39.2 Å². The SMILES string of the molecule is CC(O)(CNC(=O)c1ccc(Cl)cn1)CC(=O)O. The number of pyridine rings is 1. The smallest absolute Gasteiger partial charge is 0.306 e. The van der Waals surface area contributed by atoms with E-state index < -0.39 is 23.9 Å². The zero-order valence-corrected chi connectivity index (χ0v) is 10.4. The molecule has 6 nitrogen and oxygen atoms in total. The van der Waals surface area contributed by atoms with Gasteiger partial charge in [0.1, 0.15) is 5.69 Å². The van der Waals surface area contributed by atoms with Crippen LogP contribution in [0, 0.1) is 0 Å². The number of carbonyl (C=O) groups excluding carboxylic acids is 1. The predicted molar refractivity (Wildman–Crippen MR) is 64.5 cm³/mol. The van der Waals surface area contributed by atoms with Crippen LogP contribution in [0.1, 0.15) is 23.8 Å². The van der Waals surface area contributed by atoms with Gasteiger partial charge in [-0.25, -0.2) is 4.98 Å². The van der Waals surface area contributed by atoms with Crippen molar-refractivity contribution in [3.63, 3.8) is 0 Å². The fraction of sp³-hybridized carbons (Fsp3) is 0.364. The summed E-state index contributed by atoms with van der Waals surface area (Å²) in [7, 11) is 0. The molecule has 1 amide bonds. The Morgan fingerprint density at radius 2 is 2.17 bits per heavy atom. The standard InChI is InChI=1S/C11H13ClN2O4/c1-11(18,4-9(15)16)6-14-10(17)8-3-2-7(12)5-13-8/h2-3,5,18H,4,6H2,1H3,(H,14,17)(H,15,16). The molecular formula is C11H13ClN2O4. The molecule has 1 heterocycles. The second kappa shape index (κ2) is 5.79. The van der Waals surface area contributed by atoms with Crippen molar-refractivity contribution in [1.82, 2.24) is 10.3 Å². The lowest BCUT2D eigenvalue weighted by atomic mass is 10.0. The summed E-state index contributed by atoms with van der Waals surface area (Å²) < 4.78 is 0. The average Bonchev–Trinajstić information content (AvgIpc) is 2.25. The van der Waals surface area contributed by atoms with E-state index in [4.69, 9.17) is 16.7 Å². The molecule has 1 aromatic rings. The Balaban J connectivity index is 2.55. The Bertz CT molecular complexity index is 445. The Morgan fingerprint density at radius 1 is 1.50 bits per heavy atom. The summed E-state index contributed by atoms with van der Waals surface area (Å²) in [4.78, 5) is 25.9. The monoisotopic (exact) mass is 272 g/mol. The summed E-state index contributed by atoms with van der Waals surface area (Å²) in [6.45, 7) is 1.15. The van der Waals surface area contributed by atoms with Crippen molar-refractivity contribution in [1.29, 1.82) is 0 Å². The van der Waals surface area contributed by atoms with Crippen molar-refractivity contribution >= 4 is 23.5 Å². The highest BCUT2D eigenvalue weighted by atomic mass is 35.5. The molecule has 0 spiro atoms. The van der Waals surface area contributed by atoms with E-state index >= 15 is 0 Å². The zero-order valence-electron chi connectivity index (χ0n) is 9.68. The summed E-state index contributed by atoms with van der Waals surface area (Å²) >= 11 is 5.62. The summed E-state index contributed by atoms with van der Waals surface area (Å²) in [5.41, 5.74) is -1.36. The van der Waals surface area contributed by atoms with Crippen LogP contribution in [0.3, 0.4) is 0 Å². The Kier molecular flexibility index (Phi) is 4.63. The Labute approximate surface area is 109 Å². The number of carboxylic acid groups (broad SMARTS) is 1. The lowest BCUT2D eigenvalue weighted by Gasteiger charge is -2.21. The number of amides is 1. The lowest BCUT2D eigenvalue weighted by Crippen LogP contribution is -2.42. The number of aliphatic hydroxyl groups is 1. The minimum atomic E-state index is -1.51. The highest BCUT2D eigenvalue weighted by molar-refractivity contribution is 6.30. The molecule has 1 aromatic heterocycles. The molecule has 0 bridgehead atoms. The van der Waals surface area contributed by atoms with Crippen molar-refractivity contribution in [2.24, 2.45) is 0 Å². The van der Waals surface area contributed by atoms with Gasteiger partial charge >= 0.3 is 5.97 Å². The van der Waals surface area contributed by atoms with Gasteiger partial charge in [0, 0.05) is 12.7 Å². The van der Waals surface area contributed by atoms with Crippen molar-refractivity contribution in [3.8, 4) is 0 Å². The highest BCUT2D eigenvalue weighted by Gasteiger charge is 2.25. The number of hydrogen-bond acceptors (Lipinski definition) is 4. The number of hydrogen-bond donors (Lipinski definition) is 3. The van der Waals surface area contributed by atoms with E-state index in [-0.39, 0.29) is 12.2 Å². The molecule has 1 atom stereocenters. The van der Waals surface area contributed by atoms with Crippen LogP contribution in [-0.2, 0) is 4.79 Å². The number of nitrogens with one attached hydrogen (secondary N) is 1. The zero-order chi connectivity index (χ0) is 13.8. The minimum absolute atomic E-state index is 0.144. The van der Waals surface area contributed by atoms with Crippen LogP contribution in [0.2, 0.25) is 5.02 Å². The van der Waals surface area contributed by atoms with Crippen molar-refractivity contribution in [2.45, 2.75) is 18.9 Å². The second-order valence-electron chi connectivity index (χ2n) is 4.11. The van der Waals surface area contributed by atoms with E-state index in [0.717, 1.165) is 0 Å². The molecule has 0 saturated heterocycles. The molecule has 1 unspecified atom stereocenters. The number of aromatic nitrogens is 1.